The maximum Gasteiger partial charge on any atom is 0.259 e. The summed E-state index contributed by atoms with van der Waals surface area (Å²) in [6.07, 6.45) is 0. The lowest BCUT2D eigenvalue weighted by atomic mass is 10.1. The fourth-order valence-electron chi connectivity index (χ4n) is 1.62. The Morgan fingerprint density at radius 1 is 1.26 bits per heavy atom. The molecule has 0 radical (unpaired) electrons. The summed E-state index contributed by atoms with van der Waals surface area (Å²) in [6, 6.07) is 10.0. The van der Waals surface area contributed by atoms with Gasteiger partial charge in [0, 0.05) is 4.47 Å². The van der Waals surface area contributed by atoms with E-state index < -0.39 is 5.91 Å². The summed E-state index contributed by atoms with van der Waals surface area (Å²) in [5, 5.41) is 12.9. The Bertz CT molecular complexity index is 643. The number of phenols is 1. The van der Waals surface area contributed by atoms with E-state index in [4.69, 9.17) is 11.6 Å². The number of aromatic hydroxyl groups is 1. The van der Waals surface area contributed by atoms with Crippen molar-refractivity contribution >= 4 is 39.1 Å². The third-order valence-electron chi connectivity index (χ3n) is 2.57. The molecule has 2 rings (SSSR count). The second kappa shape index (κ2) is 5.63. The van der Waals surface area contributed by atoms with Gasteiger partial charge in [-0.3, -0.25) is 4.79 Å². The first kappa shape index (κ1) is 13.9. The third kappa shape index (κ3) is 3.28. The second-order valence-electron chi connectivity index (χ2n) is 4.10. The zero-order chi connectivity index (χ0) is 14.0. The minimum absolute atomic E-state index is 0.0874. The van der Waals surface area contributed by atoms with E-state index in [1.54, 1.807) is 24.3 Å². The van der Waals surface area contributed by atoms with Gasteiger partial charge in [0.15, 0.2) is 0 Å². The predicted molar refractivity (Wildman–Crippen MR) is 79.9 cm³/mol. The summed E-state index contributed by atoms with van der Waals surface area (Å²) in [5.74, 6) is -0.492. The van der Waals surface area contributed by atoms with E-state index in [1.807, 2.05) is 13.0 Å². The lowest BCUT2D eigenvalue weighted by molar-refractivity contribution is 0.102. The van der Waals surface area contributed by atoms with Crippen molar-refractivity contribution in [3.8, 4) is 5.75 Å². The molecule has 1 amide bonds. The normalized spacial score (nSPS) is 10.3. The van der Waals surface area contributed by atoms with Crippen molar-refractivity contribution < 1.29 is 9.90 Å². The van der Waals surface area contributed by atoms with Crippen molar-refractivity contribution in [1.82, 2.24) is 0 Å². The molecule has 3 nitrogen and oxygen atoms in total. The van der Waals surface area contributed by atoms with Crippen LogP contribution in [0.5, 0.6) is 5.75 Å². The molecule has 0 saturated heterocycles. The molecule has 0 spiro atoms. The number of benzene rings is 2. The average Bonchev–Trinajstić information content (AvgIpc) is 2.33. The third-order valence-corrected chi connectivity index (χ3v) is 3.40. The highest BCUT2D eigenvalue weighted by atomic mass is 79.9. The van der Waals surface area contributed by atoms with Crippen LogP contribution in [0.1, 0.15) is 15.9 Å². The molecule has 0 heterocycles. The number of hydrogen-bond donors (Lipinski definition) is 2. The molecule has 0 aromatic heterocycles. The summed E-state index contributed by atoms with van der Waals surface area (Å²) < 4.78 is 0.704. The molecule has 0 aliphatic rings. The highest BCUT2D eigenvalue weighted by Crippen LogP contribution is 2.26. The molecule has 2 aromatic carbocycles. The number of hydrogen-bond acceptors (Lipinski definition) is 2. The summed E-state index contributed by atoms with van der Waals surface area (Å²) in [4.78, 5) is 12.1. The standard InChI is InChI=1S/C14H11BrClNO2/c1-8-2-5-11(16)12(6-8)17-14(19)10-4-3-9(15)7-13(10)18/h2-7,18H,1H3,(H,17,19). The van der Waals surface area contributed by atoms with E-state index in [1.165, 1.54) is 6.07 Å². The molecule has 2 N–H and O–H groups in total. The van der Waals surface area contributed by atoms with Crippen LogP contribution < -0.4 is 5.32 Å². The number of carbonyl (C=O) groups is 1. The number of aryl methyl sites for hydroxylation is 1. The molecule has 5 heteroatoms. The molecule has 0 aliphatic carbocycles. The van der Waals surface area contributed by atoms with Crippen LogP contribution in [0, 0.1) is 6.92 Å². The topological polar surface area (TPSA) is 49.3 Å². The van der Waals surface area contributed by atoms with E-state index in [0.717, 1.165) is 5.56 Å². The lowest BCUT2D eigenvalue weighted by Crippen LogP contribution is -2.12. The van der Waals surface area contributed by atoms with E-state index in [0.29, 0.717) is 15.2 Å². The summed E-state index contributed by atoms with van der Waals surface area (Å²) >= 11 is 9.23. The first-order valence-electron chi connectivity index (χ1n) is 5.53. The Balaban J connectivity index is 2.28. The highest BCUT2D eigenvalue weighted by Gasteiger charge is 2.13. The van der Waals surface area contributed by atoms with Crippen molar-refractivity contribution in [2.45, 2.75) is 6.92 Å². The van der Waals surface area contributed by atoms with Gasteiger partial charge < -0.3 is 10.4 Å². The summed E-state index contributed by atoms with van der Waals surface area (Å²) in [5.41, 5.74) is 1.70. The summed E-state index contributed by atoms with van der Waals surface area (Å²) in [6.45, 7) is 1.91. The molecule has 2 aromatic rings. The molecule has 0 fully saturated rings. The van der Waals surface area contributed by atoms with Crippen LogP contribution in [0.4, 0.5) is 5.69 Å². The lowest BCUT2D eigenvalue weighted by Gasteiger charge is -2.09. The maximum atomic E-state index is 12.1. The smallest absolute Gasteiger partial charge is 0.259 e. The SMILES string of the molecule is Cc1ccc(Cl)c(NC(=O)c2ccc(Br)cc2O)c1. The van der Waals surface area contributed by atoms with Crippen LogP contribution >= 0.6 is 27.5 Å². The molecule has 0 saturated carbocycles. The van der Waals surface area contributed by atoms with Gasteiger partial charge in [0.1, 0.15) is 5.75 Å². The van der Waals surface area contributed by atoms with Gasteiger partial charge in [-0.1, -0.05) is 33.6 Å². The van der Waals surface area contributed by atoms with Crippen LogP contribution in [0.15, 0.2) is 40.9 Å². The molecule has 0 unspecified atom stereocenters. The minimum Gasteiger partial charge on any atom is -0.507 e. The largest absolute Gasteiger partial charge is 0.507 e. The van der Waals surface area contributed by atoms with Gasteiger partial charge in [-0.25, -0.2) is 0 Å². The molecular weight excluding hydrogens is 330 g/mol. The van der Waals surface area contributed by atoms with Crippen molar-refractivity contribution in [2.75, 3.05) is 5.32 Å². The van der Waals surface area contributed by atoms with E-state index in [2.05, 4.69) is 21.2 Å². The molecule has 0 bridgehead atoms. The van der Waals surface area contributed by atoms with Crippen LogP contribution in [-0.2, 0) is 0 Å². The molecule has 98 valence electrons. The Hall–Kier alpha value is -1.52. The second-order valence-corrected chi connectivity index (χ2v) is 5.42. The molecular formula is C14H11BrClNO2. The number of anilines is 1. The van der Waals surface area contributed by atoms with Gasteiger partial charge in [0.05, 0.1) is 16.3 Å². The van der Waals surface area contributed by atoms with E-state index in [-0.39, 0.29) is 11.3 Å². The summed E-state index contributed by atoms with van der Waals surface area (Å²) in [7, 11) is 0. The molecule has 0 aliphatic heterocycles. The zero-order valence-corrected chi connectivity index (χ0v) is 12.4. The minimum atomic E-state index is -0.405. The maximum absolute atomic E-state index is 12.1. The highest BCUT2D eigenvalue weighted by molar-refractivity contribution is 9.10. The number of carbonyl (C=O) groups excluding carboxylic acids is 1. The Labute approximate surface area is 124 Å². The van der Waals surface area contributed by atoms with Gasteiger partial charge >= 0.3 is 0 Å². The molecule has 19 heavy (non-hydrogen) atoms. The fraction of sp³-hybridized carbons (Fsp3) is 0.0714. The zero-order valence-electron chi connectivity index (χ0n) is 10.1. The Kier molecular flexibility index (Phi) is 4.12. The van der Waals surface area contributed by atoms with Crippen LogP contribution in [0.25, 0.3) is 0 Å². The fourth-order valence-corrected chi connectivity index (χ4v) is 2.14. The van der Waals surface area contributed by atoms with Crippen LogP contribution in [0.3, 0.4) is 0 Å². The van der Waals surface area contributed by atoms with Crippen molar-refractivity contribution in [1.29, 1.82) is 0 Å². The predicted octanol–water partition coefficient (Wildman–Crippen LogP) is 4.37. The van der Waals surface area contributed by atoms with Gasteiger partial charge in [0.25, 0.3) is 5.91 Å². The number of phenolic OH excluding ortho intramolecular Hbond substituents is 1. The van der Waals surface area contributed by atoms with Gasteiger partial charge in [0.2, 0.25) is 0 Å². The first-order valence-corrected chi connectivity index (χ1v) is 6.70. The van der Waals surface area contributed by atoms with Gasteiger partial charge in [-0.05, 0) is 42.8 Å². The van der Waals surface area contributed by atoms with Gasteiger partial charge in [-0.15, -0.1) is 0 Å². The van der Waals surface area contributed by atoms with Crippen LogP contribution in [-0.4, -0.2) is 11.0 Å². The molecule has 0 atom stereocenters. The first-order chi connectivity index (χ1) is 8.97. The van der Waals surface area contributed by atoms with E-state index >= 15 is 0 Å². The van der Waals surface area contributed by atoms with E-state index in [9.17, 15) is 9.90 Å². The van der Waals surface area contributed by atoms with Crippen molar-refractivity contribution in [3.05, 3.63) is 57.0 Å². The van der Waals surface area contributed by atoms with Crippen LogP contribution in [0.2, 0.25) is 5.02 Å². The number of nitrogens with one attached hydrogen (secondary N) is 1. The van der Waals surface area contributed by atoms with Gasteiger partial charge in [-0.2, -0.15) is 0 Å². The number of amides is 1. The van der Waals surface area contributed by atoms with Crippen molar-refractivity contribution in [3.63, 3.8) is 0 Å². The average molecular weight is 341 g/mol. The monoisotopic (exact) mass is 339 g/mol. The Morgan fingerprint density at radius 2 is 2.00 bits per heavy atom. The number of halogens is 2. The van der Waals surface area contributed by atoms with Crippen molar-refractivity contribution in [2.24, 2.45) is 0 Å². The Morgan fingerprint density at radius 3 is 2.68 bits per heavy atom. The quantitative estimate of drug-likeness (QED) is 0.853. The number of rotatable bonds is 2.